The highest BCUT2D eigenvalue weighted by molar-refractivity contribution is 5.83. The van der Waals surface area contributed by atoms with Crippen molar-refractivity contribution in [3.05, 3.63) is 54.4 Å². The Morgan fingerprint density at radius 1 is 1.15 bits per heavy atom. The normalized spacial score (nSPS) is 15.6. The van der Waals surface area contributed by atoms with Gasteiger partial charge >= 0.3 is 0 Å². The third-order valence-electron chi connectivity index (χ3n) is 4.40. The number of nitrogens with one attached hydrogen (secondary N) is 1. The topological polar surface area (TPSA) is 110 Å². The van der Waals surface area contributed by atoms with Crippen LogP contribution in [0.3, 0.4) is 0 Å². The first-order valence-electron chi connectivity index (χ1n) is 8.83. The maximum Gasteiger partial charge on any atom is 0.246 e. The molecule has 9 heteroatoms. The number of aromatic nitrogens is 5. The summed E-state index contributed by atoms with van der Waals surface area (Å²) in [5.74, 6) is 0.866. The molecule has 3 aromatic rings. The van der Waals surface area contributed by atoms with E-state index in [4.69, 9.17) is 4.52 Å². The van der Waals surface area contributed by atoms with Crippen molar-refractivity contribution in [3.8, 4) is 11.6 Å². The van der Waals surface area contributed by atoms with Crippen LogP contribution in [0.15, 0.2) is 47.5 Å². The molecule has 0 radical (unpaired) electrons. The summed E-state index contributed by atoms with van der Waals surface area (Å²) in [5.41, 5.74) is 0.876. The first-order chi connectivity index (χ1) is 13.3. The second-order valence-electron chi connectivity index (χ2n) is 6.23. The molecular weight excluding hydrogens is 346 g/mol. The molecule has 0 aromatic carbocycles. The van der Waals surface area contributed by atoms with E-state index in [0.29, 0.717) is 17.5 Å². The van der Waals surface area contributed by atoms with Crippen LogP contribution in [0.1, 0.15) is 30.3 Å². The van der Waals surface area contributed by atoms with Crippen molar-refractivity contribution in [2.24, 2.45) is 0 Å². The van der Waals surface area contributed by atoms with E-state index in [2.05, 4.69) is 35.3 Å². The molecule has 27 heavy (non-hydrogen) atoms. The van der Waals surface area contributed by atoms with Crippen molar-refractivity contribution < 1.29 is 9.32 Å². The number of pyridine rings is 1. The number of carbonyl (C=O) groups is 1. The summed E-state index contributed by atoms with van der Waals surface area (Å²) in [4.78, 5) is 31.6. The Hall–Kier alpha value is -3.20. The van der Waals surface area contributed by atoms with Gasteiger partial charge in [-0.2, -0.15) is 4.98 Å². The van der Waals surface area contributed by atoms with Crippen LogP contribution in [-0.2, 0) is 11.3 Å². The molecule has 1 aliphatic heterocycles. The Labute approximate surface area is 155 Å². The third kappa shape index (κ3) is 3.98. The molecule has 0 bridgehead atoms. The van der Waals surface area contributed by atoms with Crippen molar-refractivity contribution >= 4 is 5.91 Å². The van der Waals surface area contributed by atoms with Crippen LogP contribution in [0.5, 0.6) is 0 Å². The van der Waals surface area contributed by atoms with Gasteiger partial charge < -0.3 is 9.84 Å². The maximum atomic E-state index is 12.9. The lowest BCUT2D eigenvalue weighted by molar-refractivity contribution is -0.126. The van der Waals surface area contributed by atoms with E-state index in [0.717, 1.165) is 31.5 Å². The number of nitrogens with zero attached hydrogens (tertiary/aromatic N) is 6. The van der Waals surface area contributed by atoms with E-state index in [1.54, 1.807) is 30.9 Å². The highest BCUT2D eigenvalue weighted by Crippen LogP contribution is 2.25. The van der Waals surface area contributed by atoms with Crippen LogP contribution in [0.2, 0.25) is 0 Å². The van der Waals surface area contributed by atoms with Gasteiger partial charge in [0.15, 0.2) is 0 Å². The molecule has 0 saturated carbocycles. The highest BCUT2D eigenvalue weighted by Gasteiger charge is 2.30. The Morgan fingerprint density at radius 3 is 2.70 bits per heavy atom. The summed E-state index contributed by atoms with van der Waals surface area (Å²) in [6.07, 6.45) is 8.83. The Kier molecular flexibility index (Phi) is 5.10. The van der Waals surface area contributed by atoms with Crippen LogP contribution >= 0.6 is 0 Å². The smallest absolute Gasteiger partial charge is 0.246 e. The van der Waals surface area contributed by atoms with Crippen LogP contribution in [0.25, 0.3) is 11.6 Å². The zero-order valence-corrected chi connectivity index (χ0v) is 14.7. The maximum absolute atomic E-state index is 12.9. The van der Waals surface area contributed by atoms with Gasteiger partial charge in [-0.25, -0.2) is 9.97 Å². The minimum absolute atomic E-state index is 0.111. The van der Waals surface area contributed by atoms with Gasteiger partial charge in [0.2, 0.25) is 23.4 Å². The molecule has 4 rings (SSSR count). The third-order valence-corrected chi connectivity index (χ3v) is 4.40. The Bertz CT molecular complexity index is 879. The van der Waals surface area contributed by atoms with E-state index in [-0.39, 0.29) is 18.5 Å². The summed E-state index contributed by atoms with van der Waals surface area (Å²) in [5, 5.41) is 6.76. The summed E-state index contributed by atoms with van der Waals surface area (Å²) in [6, 6.07) is 5.10. The average molecular weight is 365 g/mol. The molecule has 0 unspecified atom stereocenters. The lowest BCUT2D eigenvalue weighted by Crippen LogP contribution is -2.39. The van der Waals surface area contributed by atoms with E-state index in [9.17, 15) is 4.79 Å². The van der Waals surface area contributed by atoms with E-state index < -0.39 is 0 Å². The lowest BCUT2D eigenvalue weighted by atomic mass is 10.1. The van der Waals surface area contributed by atoms with Crippen LogP contribution < -0.4 is 5.32 Å². The monoisotopic (exact) mass is 365 g/mol. The number of likely N-dealkylation sites (tertiary alicyclic amines) is 1. The molecule has 9 nitrogen and oxygen atoms in total. The lowest BCUT2D eigenvalue weighted by Gasteiger charge is -2.26. The standard InChI is InChI=1S/C18H19N7O2/c26-18(15(25-9-1-2-10-25)13-5-3-6-19-11-13)22-12-14-23-17(24-27-14)16-20-7-4-8-21-16/h3-8,11,15H,1-2,9-10,12H2,(H,22,26)/t15-/m0/s1. The molecule has 1 aliphatic rings. The van der Waals surface area contributed by atoms with Crippen molar-refractivity contribution in [1.82, 2.24) is 35.3 Å². The number of hydrogen-bond donors (Lipinski definition) is 1. The predicted octanol–water partition coefficient (Wildman–Crippen LogP) is 1.37. The minimum Gasteiger partial charge on any atom is -0.345 e. The van der Waals surface area contributed by atoms with Crippen molar-refractivity contribution in [2.45, 2.75) is 25.4 Å². The molecule has 4 heterocycles. The summed E-state index contributed by atoms with van der Waals surface area (Å²) in [7, 11) is 0. The van der Waals surface area contributed by atoms with Gasteiger partial charge in [0.25, 0.3) is 0 Å². The van der Waals surface area contributed by atoms with Gasteiger partial charge in [-0.3, -0.25) is 14.7 Å². The molecule has 138 valence electrons. The molecule has 1 fully saturated rings. The van der Waals surface area contributed by atoms with E-state index in [1.165, 1.54) is 0 Å². The fourth-order valence-electron chi connectivity index (χ4n) is 3.16. The van der Waals surface area contributed by atoms with Crippen LogP contribution in [0.4, 0.5) is 0 Å². The highest BCUT2D eigenvalue weighted by atomic mass is 16.5. The van der Waals surface area contributed by atoms with Crippen molar-refractivity contribution in [2.75, 3.05) is 13.1 Å². The molecule has 0 spiro atoms. The number of carbonyl (C=O) groups excluding carboxylic acids is 1. The fraction of sp³-hybridized carbons (Fsp3) is 0.333. The zero-order chi connectivity index (χ0) is 18.5. The number of hydrogen-bond acceptors (Lipinski definition) is 8. The Morgan fingerprint density at radius 2 is 1.96 bits per heavy atom. The largest absolute Gasteiger partial charge is 0.345 e. The average Bonchev–Trinajstić information content (AvgIpc) is 3.41. The van der Waals surface area contributed by atoms with Gasteiger partial charge in [-0.05, 0) is 43.6 Å². The molecule has 0 aliphatic carbocycles. The molecule has 3 aromatic heterocycles. The van der Waals surface area contributed by atoms with Gasteiger partial charge in [0, 0.05) is 24.8 Å². The van der Waals surface area contributed by atoms with Crippen LogP contribution in [0, 0.1) is 0 Å². The number of rotatable bonds is 6. The quantitative estimate of drug-likeness (QED) is 0.697. The predicted molar refractivity (Wildman–Crippen MR) is 95.0 cm³/mol. The molecule has 1 saturated heterocycles. The van der Waals surface area contributed by atoms with E-state index >= 15 is 0 Å². The molecule has 1 N–H and O–H groups in total. The van der Waals surface area contributed by atoms with Crippen molar-refractivity contribution in [1.29, 1.82) is 0 Å². The van der Waals surface area contributed by atoms with Crippen molar-refractivity contribution in [3.63, 3.8) is 0 Å². The summed E-state index contributed by atoms with van der Waals surface area (Å²) >= 11 is 0. The van der Waals surface area contributed by atoms with Gasteiger partial charge in [-0.1, -0.05) is 11.2 Å². The van der Waals surface area contributed by atoms with E-state index in [1.807, 2.05) is 12.1 Å². The fourth-order valence-corrected chi connectivity index (χ4v) is 3.16. The molecular formula is C18H19N7O2. The summed E-state index contributed by atoms with van der Waals surface area (Å²) < 4.78 is 5.20. The first kappa shape index (κ1) is 17.2. The zero-order valence-electron chi connectivity index (χ0n) is 14.7. The molecule has 1 amide bonds. The van der Waals surface area contributed by atoms with Gasteiger partial charge in [-0.15, -0.1) is 0 Å². The minimum atomic E-state index is -0.374. The second-order valence-corrected chi connectivity index (χ2v) is 6.23. The van der Waals surface area contributed by atoms with Gasteiger partial charge in [0.05, 0.1) is 6.54 Å². The Balaban J connectivity index is 1.45. The SMILES string of the molecule is O=C(NCc1nc(-c2ncccn2)no1)[C@H](c1cccnc1)N1CCCC1. The molecule has 1 atom stereocenters. The van der Waals surface area contributed by atoms with Crippen LogP contribution in [-0.4, -0.2) is 49.0 Å². The number of amides is 1. The van der Waals surface area contributed by atoms with Gasteiger partial charge in [0.1, 0.15) is 6.04 Å². The summed E-state index contributed by atoms with van der Waals surface area (Å²) in [6.45, 7) is 1.93. The second kappa shape index (κ2) is 8.00. The first-order valence-corrected chi connectivity index (χ1v) is 8.83.